The normalized spacial score (nSPS) is 13.4. The first-order valence-corrected chi connectivity index (χ1v) is 10.5. The van der Waals surface area contributed by atoms with Crippen molar-refractivity contribution >= 4 is 21.8 Å². The van der Waals surface area contributed by atoms with Crippen molar-refractivity contribution in [3.8, 4) is 5.69 Å². The second kappa shape index (κ2) is 6.98. The number of aromatic nitrogens is 1. The monoisotopic (exact) mass is 409 g/mol. The fourth-order valence-electron chi connectivity index (χ4n) is 3.41. The molecule has 7 nitrogen and oxygen atoms in total. The summed E-state index contributed by atoms with van der Waals surface area (Å²) in [5.74, 6) is -1.11. The number of carbonyl (C=O) groups is 2. The summed E-state index contributed by atoms with van der Waals surface area (Å²) in [5, 5.41) is 2.15. The fraction of sp³-hybridized carbons (Fsp3) is 0.143. The molecule has 2 N–H and O–H groups in total. The highest BCUT2D eigenvalue weighted by Crippen LogP contribution is 2.21. The van der Waals surface area contributed by atoms with E-state index in [9.17, 15) is 18.0 Å². The molecule has 1 aliphatic rings. The molecule has 29 heavy (non-hydrogen) atoms. The average Bonchev–Trinajstić information content (AvgIpc) is 3.18. The molecule has 1 aliphatic heterocycles. The quantitative estimate of drug-likeness (QED) is 0.633. The first kappa shape index (κ1) is 19.1. The molecular formula is C21H19N3O4S. The number of hydrogen-bond acceptors (Lipinski definition) is 4. The Hall–Kier alpha value is -3.23. The molecule has 2 amide bonds. The van der Waals surface area contributed by atoms with E-state index in [1.165, 1.54) is 18.2 Å². The summed E-state index contributed by atoms with van der Waals surface area (Å²) in [6.07, 6.45) is 0. The summed E-state index contributed by atoms with van der Waals surface area (Å²) < 4.78 is 29.9. The summed E-state index contributed by atoms with van der Waals surface area (Å²) in [5.41, 5.74) is 4.30. The lowest BCUT2D eigenvalue weighted by Gasteiger charge is -2.11. The Labute approximate surface area is 168 Å². The summed E-state index contributed by atoms with van der Waals surface area (Å²) in [7, 11) is -3.83. The van der Waals surface area contributed by atoms with Crippen LogP contribution >= 0.6 is 0 Å². The van der Waals surface area contributed by atoms with Crippen LogP contribution in [0.4, 0.5) is 0 Å². The lowest BCUT2D eigenvalue weighted by Crippen LogP contribution is -2.23. The summed E-state index contributed by atoms with van der Waals surface area (Å²) in [4.78, 5) is 23.3. The van der Waals surface area contributed by atoms with Crippen LogP contribution in [0.1, 0.15) is 37.7 Å². The van der Waals surface area contributed by atoms with Crippen molar-refractivity contribution in [1.29, 1.82) is 0 Å². The molecule has 3 aromatic rings. The van der Waals surface area contributed by atoms with Crippen LogP contribution in [0.5, 0.6) is 0 Å². The van der Waals surface area contributed by atoms with Gasteiger partial charge in [-0.25, -0.2) is 13.1 Å². The van der Waals surface area contributed by atoms with Crippen LogP contribution in [-0.4, -0.2) is 24.8 Å². The molecule has 0 fully saturated rings. The van der Waals surface area contributed by atoms with Crippen molar-refractivity contribution in [2.75, 3.05) is 0 Å². The topological polar surface area (TPSA) is 97.3 Å². The van der Waals surface area contributed by atoms with E-state index in [0.717, 1.165) is 22.6 Å². The predicted octanol–water partition coefficient (Wildman–Crippen LogP) is 2.46. The molecule has 2 aromatic carbocycles. The van der Waals surface area contributed by atoms with Gasteiger partial charge in [-0.3, -0.25) is 14.9 Å². The molecular weight excluding hydrogens is 390 g/mol. The fourth-order valence-corrected chi connectivity index (χ4v) is 4.46. The van der Waals surface area contributed by atoms with Crippen molar-refractivity contribution in [1.82, 2.24) is 14.6 Å². The van der Waals surface area contributed by atoms with Crippen LogP contribution in [0.2, 0.25) is 0 Å². The second-order valence-electron chi connectivity index (χ2n) is 6.93. The number of sulfonamides is 1. The van der Waals surface area contributed by atoms with Gasteiger partial charge < -0.3 is 4.57 Å². The number of nitrogens with zero attached hydrogens (tertiary/aromatic N) is 1. The Morgan fingerprint density at radius 1 is 0.862 bits per heavy atom. The third-order valence-corrected chi connectivity index (χ3v) is 6.35. The predicted molar refractivity (Wildman–Crippen MR) is 108 cm³/mol. The van der Waals surface area contributed by atoms with E-state index in [1.54, 1.807) is 0 Å². The van der Waals surface area contributed by atoms with E-state index in [0.29, 0.717) is 0 Å². The molecule has 0 radical (unpaired) electrons. The van der Waals surface area contributed by atoms with Crippen LogP contribution in [0, 0.1) is 13.8 Å². The Balaban J connectivity index is 1.51. The maximum Gasteiger partial charge on any atom is 0.258 e. The molecule has 0 saturated heterocycles. The molecule has 4 rings (SSSR count). The third-order valence-electron chi connectivity index (χ3n) is 4.95. The average molecular weight is 409 g/mol. The van der Waals surface area contributed by atoms with Gasteiger partial charge in [-0.2, -0.15) is 0 Å². The van der Waals surface area contributed by atoms with Gasteiger partial charge in [-0.1, -0.05) is 12.1 Å². The number of rotatable bonds is 5. The van der Waals surface area contributed by atoms with Gasteiger partial charge in [0.1, 0.15) is 0 Å². The molecule has 8 heteroatoms. The standard InChI is InChI=1S/C21H19N3O4S/c1-13-3-4-14(2)24(13)16-7-5-15(6-8-16)12-22-29(27,28)17-9-10-18-19(11-17)21(26)23-20(18)25/h3-11,22H,12H2,1-2H3,(H,23,25,26). The molecule has 0 atom stereocenters. The lowest BCUT2D eigenvalue weighted by molar-refractivity contribution is 0.0879. The van der Waals surface area contributed by atoms with Gasteiger partial charge in [-0.05, 0) is 61.9 Å². The van der Waals surface area contributed by atoms with E-state index in [4.69, 9.17) is 0 Å². The van der Waals surface area contributed by atoms with Crippen molar-refractivity contribution in [2.45, 2.75) is 25.3 Å². The van der Waals surface area contributed by atoms with Crippen LogP contribution in [0.25, 0.3) is 5.69 Å². The Morgan fingerprint density at radius 2 is 1.48 bits per heavy atom. The van der Waals surface area contributed by atoms with Gasteiger partial charge in [0.2, 0.25) is 10.0 Å². The maximum absolute atomic E-state index is 12.6. The zero-order valence-electron chi connectivity index (χ0n) is 15.9. The first-order valence-electron chi connectivity index (χ1n) is 9.00. The molecule has 0 spiro atoms. The Bertz CT molecular complexity index is 1220. The largest absolute Gasteiger partial charge is 0.319 e. The number of aryl methyl sites for hydroxylation is 2. The Kier molecular flexibility index (Phi) is 4.60. The van der Waals surface area contributed by atoms with E-state index < -0.39 is 21.8 Å². The van der Waals surface area contributed by atoms with Crippen LogP contribution in [0.3, 0.4) is 0 Å². The van der Waals surface area contributed by atoms with Crippen molar-refractivity contribution < 1.29 is 18.0 Å². The minimum atomic E-state index is -3.83. The molecule has 0 aliphatic carbocycles. The zero-order valence-corrected chi connectivity index (χ0v) is 16.7. The summed E-state index contributed by atoms with van der Waals surface area (Å²) in [6.45, 7) is 4.16. The van der Waals surface area contributed by atoms with Crippen LogP contribution < -0.4 is 10.0 Å². The highest BCUT2D eigenvalue weighted by molar-refractivity contribution is 7.89. The Morgan fingerprint density at radius 3 is 2.14 bits per heavy atom. The van der Waals surface area contributed by atoms with Gasteiger partial charge in [0.15, 0.2) is 0 Å². The number of carbonyl (C=O) groups excluding carboxylic acids is 2. The maximum atomic E-state index is 12.6. The smallest absolute Gasteiger partial charge is 0.258 e. The zero-order chi connectivity index (χ0) is 20.8. The highest BCUT2D eigenvalue weighted by Gasteiger charge is 2.28. The van der Waals surface area contributed by atoms with Crippen molar-refractivity contribution in [3.63, 3.8) is 0 Å². The van der Waals surface area contributed by atoms with Crippen molar-refractivity contribution in [3.05, 3.63) is 82.7 Å². The summed E-state index contributed by atoms with van der Waals surface area (Å²) >= 11 is 0. The molecule has 2 heterocycles. The van der Waals surface area contributed by atoms with Gasteiger partial charge in [0, 0.05) is 23.6 Å². The molecule has 1 aromatic heterocycles. The van der Waals surface area contributed by atoms with Gasteiger partial charge in [-0.15, -0.1) is 0 Å². The molecule has 0 unspecified atom stereocenters. The lowest BCUT2D eigenvalue weighted by atomic mass is 10.1. The molecule has 0 saturated carbocycles. The highest BCUT2D eigenvalue weighted by atomic mass is 32.2. The number of imide groups is 1. The number of benzene rings is 2. The molecule has 0 bridgehead atoms. The number of nitrogens with one attached hydrogen (secondary N) is 2. The minimum Gasteiger partial charge on any atom is -0.319 e. The third kappa shape index (κ3) is 3.48. The van der Waals surface area contributed by atoms with Crippen LogP contribution in [0.15, 0.2) is 59.5 Å². The van der Waals surface area contributed by atoms with Gasteiger partial charge >= 0.3 is 0 Å². The van der Waals surface area contributed by atoms with Crippen molar-refractivity contribution in [2.24, 2.45) is 0 Å². The SMILES string of the molecule is Cc1ccc(C)n1-c1ccc(CNS(=O)(=O)c2ccc3c(c2)C(=O)NC3=O)cc1. The molecule has 148 valence electrons. The van der Waals surface area contributed by atoms with E-state index in [-0.39, 0.29) is 22.6 Å². The minimum absolute atomic E-state index is 0.0590. The number of amides is 2. The summed E-state index contributed by atoms with van der Waals surface area (Å²) in [6, 6.07) is 15.6. The van der Waals surface area contributed by atoms with Gasteiger partial charge in [0.05, 0.1) is 16.0 Å². The first-order chi connectivity index (χ1) is 13.8. The number of fused-ring (bicyclic) bond motifs is 1. The second-order valence-corrected chi connectivity index (χ2v) is 8.70. The van der Waals surface area contributed by atoms with E-state index >= 15 is 0 Å². The number of hydrogen-bond donors (Lipinski definition) is 2. The van der Waals surface area contributed by atoms with Gasteiger partial charge in [0.25, 0.3) is 11.8 Å². The van der Waals surface area contributed by atoms with Crippen LogP contribution in [-0.2, 0) is 16.6 Å². The van der Waals surface area contributed by atoms with E-state index in [1.807, 2.05) is 50.2 Å². The van der Waals surface area contributed by atoms with E-state index in [2.05, 4.69) is 14.6 Å².